The van der Waals surface area contributed by atoms with Crippen molar-refractivity contribution in [3.05, 3.63) is 71.8 Å². The van der Waals surface area contributed by atoms with Crippen molar-refractivity contribution >= 4 is 0 Å². The van der Waals surface area contributed by atoms with Crippen LogP contribution < -0.4 is 0 Å². The second-order valence-corrected chi connectivity index (χ2v) is 4.07. The van der Waals surface area contributed by atoms with E-state index >= 15 is 0 Å². The maximum atomic E-state index is 5.86. The summed E-state index contributed by atoms with van der Waals surface area (Å²) in [5.74, 6) is 0. The Labute approximate surface area is 95.7 Å². The van der Waals surface area contributed by atoms with Gasteiger partial charge in [0.05, 0.1) is 6.61 Å². The van der Waals surface area contributed by atoms with Gasteiger partial charge in [-0.05, 0) is 17.2 Å². The maximum absolute atomic E-state index is 5.86. The first kappa shape index (κ1) is 9.61. The molecule has 1 unspecified atom stereocenters. The van der Waals surface area contributed by atoms with E-state index in [1.165, 1.54) is 5.56 Å². The van der Waals surface area contributed by atoms with Gasteiger partial charge in [0.25, 0.3) is 0 Å². The molecule has 0 aliphatic carbocycles. The summed E-state index contributed by atoms with van der Waals surface area (Å²) in [6.07, 6.45) is 1.04. The molecule has 1 fully saturated rings. The number of hydrogen-bond acceptors (Lipinski definition) is 1. The number of benzene rings is 2. The highest BCUT2D eigenvalue weighted by molar-refractivity contribution is 5.37. The van der Waals surface area contributed by atoms with Crippen molar-refractivity contribution in [2.45, 2.75) is 12.0 Å². The second-order valence-electron chi connectivity index (χ2n) is 4.07. The molecule has 1 atom stereocenters. The highest BCUT2D eigenvalue weighted by atomic mass is 16.5. The smallest absolute Gasteiger partial charge is 0.121 e. The van der Waals surface area contributed by atoms with E-state index in [2.05, 4.69) is 36.4 Å². The molecule has 1 radical (unpaired) electrons. The Morgan fingerprint density at radius 3 is 2.31 bits per heavy atom. The fourth-order valence-corrected chi connectivity index (χ4v) is 2.25. The summed E-state index contributed by atoms with van der Waals surface area (Å²) in [5, 5.41) is 0. The van der Waals surface area contributed by atoms with E-state index in [-0.39, 0.29) is 5.60 Å². The van der Waals surface area contributed by atoms with E-state index in [0.717, 1.165) is 18.6 Å². The molecule has 2 aromatic carbocycles. The van der Waals surface area contributed by atoms with Gasteiger partial charge in [-0.25, -0.2) is 0 Å². The van der Waals surface area contributed by atoms with Crippen LogP contribution in [0, 0.1) is 6.07 Å². The molecule has 0 bridgehead atoms. The molecule has 0 saturated carbocycles. The van der Waals surface area contributed by atoms with Crippen LogP contribution in [0.2, 0.25) is 0 Å². The number of hydrogen-bond donors (Lipinski definition) is 0. The third kappa shape index (κ3) is 1.36. The van der Waals surface area contributed by atoms with E-state index in [0.29, 0.717) is 0 Å². The van der Waals surface area contributed by atoms with Crippen LogP contribution in [-0.2, 0) is 10.3 Å². The van der Waals surface area contributed by atoms with Crippen LogP contribution in [0.3, 0.4) is 0 Å². The topological polar surface area (TPSA) is 9.23 Å². The SMILES string of the molecule is [c]1ccccc1C1(c2ccccc2)CCO1. The summed E-state index contributed by atoms with van der Waals surface area (Å²) in [7, 11) is 0. The lowest BCUT2D eigenvalue weighted by molar-refractivity contribution is -0.123. The molecular weight excluding hydrogens is 196 g/mol. The Morgan fingerprint density at radius 2 is 1.75 bits per heavy atom. The van der Waals surface area contributed by atoms with Gasteiger partial charge in [0.2, 0.25) is 0 Å². The molecular formula is C15H13O. The minimum Gasteiger partial charge on any atom is -0.365 e. The molecule has 1 heteroatoms. The first-order valence-corrected chi connectivity index (χ1v) is 5.58. The Kier molecular flexibility index (Phi) is 2.26. The largest absolute Gasteiger partial charge is 0.365 e. The molecule has 2 aromatic rings. The molecule has 1 aliphatic heterocycles. The molecule has 79 valence electrons. The van der Waals surface area contributed by atoms with Crippen LogP contribution in [0.5, 0.6) is 0 Å². The molecule has 0 spiro atoms. The van der Waals surface area contributed by atoms with Crippen LogP contribution >= 0.6 is 0 Å². The molecule has 16 heavy (non-hydrogen) atoms. The predicted molar refractivity (Wildman–Crippen MR) is 63.1 cm³/mol. The van der Waals surface area contributed by atoms with Gasteiger partial charge < -0.3 is 4.74 Å². The molecule has 0 aromatic heterocycles. The third-order valence-electron chi connectivity index (χ3n) is 3.19. The van der Waals surface area contributed by atoms with Gasteiger partial charge in [0.1, 0.15) is 5.60 Å². The van der Waals surface area contributed by atoms with Gasteiger partial charge in [0, 0.05) is 6.42 Å². The quantitative estimate of drug-likeness (QED) is 0.738. The van der Waals surface area contributed by atoms with E-state index in [1.807, 2.05) is 24.3 Å². The van der Waals surface area contributed by atoms with Gasteiger partial charge in [-0.2, -0.15) is 0 Å². The van der Waals surface area contributed by atoms with Crippen molar-refractivity contribution in [2.75, 3.05) is 6.61 Å². The fourth-order valence-electron chi connectivity index (χ4n) is 2.25. The van der Waals surface area contributed by atoms with Gasteiger partial charge in [0.15, 0.2) is 0 Å². The van der Waals surface area contributed by atoms with Gasteiger partial charge in [-0.3, -0.25) is 0 Å². The average molecular weight is 209 g/mol. The fraction of sp³-hybridized carbons (Fsp3) is 0.200. The Balaban J connectivity index is 2.08. The van der Waals surface area contributed by atoms with Crippen molar-refractivity contribution in [1.29, 1.82) is 0 Å². The monoisotopic (exact) mass is 209 g/mol. The number of rotatable bonds is 2. The molecule has 0 amide bonds. The minimum absolute atomic E-state index is 0.248. The summed E-state index contributed by atoms with van der Waals surface area (Å²) in [6.45, 7) is 0.831. The maximum Gasteiger partial charge on any atom is 0.121 e. The lowest BCUT2D eigenvalue weighted by atomic mass is 9.80. The molecule has 0 N–H and O–H groups in total. The van der Waals surface area contributed by atoms with Crippen molar-refractivity contribution in [1.82, 2.24) is 0 Å². The summed E-state index contributed by atoms with van der Waals surface area (Å²) in [5.41, 5.74) is 2.11. The lowest BCUT2D eigenvalue weighted by Crippen LogP contribution is -2.41. The minimum atomic E-state index is -0.248. The Hall–Kier alpha value is -1.60. The Bertz CT molecular complexity index is 416. The molecule has 1 nitrogen and oxygen atoms in total. The van der Waals surface area contributed by atoms with E-state index < -0.39 is 0 Å². The highest BCUT2D eigenvalue weighted by Gasteiger charge is 2.41. The van der Waals surface area contributed by atoms with Gasteiger partial charge in [-0.1, -0.05) is 54.6 Å². The van der Waals surface area contributed by atoms with Crippen LogP contribution in [0.25, 0.3) is 0 Å². The summed E-state index contributed by atoms with van der Waals surface area (Å²) in [6, 6.07) is 21.7. The van der Waals surface area contributed by atoms with Crippen molar-refractivity contribution in [3.8, 4) is 0 Å². The Morgan fingerprint density at radius 1 is 1.00 bits per heavy atom. The van der Waals surface area contributed by atoms with Crippen molar-refractivity contribution in [2.24, 2.45) is 0 Å². The zero-order valence-corrected chi connectivity index (χ0v) is 9.02. The highest BCUT2D eigenvalue weighted by Crippen LogP contribution is 2.42. The summed E-state index contributed by atoms with van der Waals surface area (Å²) < 4.78 is 5.86. The van der Waals surface area contributed by atoms with Gasteiger partial charge >= 0.3 is 0 Å². The molecule has 1 saturated heterocycles. The van der Waals surface area contributed by atoms with E-state index in [1.54, 1.807) is 0 Å². The number of ether oxygens (including phenoxy) is 1. The normalized spacial score (nSPS) is 17.8. The standard InChI is InChI=1S/C15H13O/c1-3-7-13(8-4-1)15(11-12-16-15)14-9-5-2-6-10-14/h1-9H,11-12H2. The molecule has 1 aliphatic rings. The summed E-state index contributed by atoms with van der Waals surface area (Å²) in [4.78, 5) is 0. The van der Waals surface area contributed by atoms with Crippen LogP contribution in [0.4, 0.5) is 0 Å². The molecule has 1 heterocycles. The first-order chi connectivity index (χ1) is 7.92. The average Bonchev–Trinajstić information content (AvgIpc) is 2.31. The summed E-state index contributed by atoms with van der Waals surface area (Å²) >= 11 is 0. The van der Waals surface area contributed by atoms with Crippen molar-refractivity contribution < 1.29 is 4.74 Å². The first-order valence-electron chi connectivity index (χ1n) is 5.58. The van der Waals surface area contributed by atoms with Gasteiger partial charge in [-0.15, -0.1) is 0 Å². The van der Waals surface area contributed by atoms with Crippen LogP contribution in [-0.4, -0.2) is 6.61 Å². The molecule has 3 rings (SSSR count). The van der Waals surface area contributed by atoms with E-state index in [9.17, 15) is 0 Å². The predicted octanol–water partition coefficient (Wildman–Crippen LogP) is 3.15. The van der Waals surface area contributed by atoms with Crippen LogP contribution in [0.1, 0.15) is 17.5 Å². The van der Waals surface area contributed by atoms with Crippen LogP contribution in [0.15, 0.2) is 54.6 Å². The zero-order chi connectivity index (χ0) is 10.8. The van der Waals surface area contributed by atoms with Crippen molar-refractivity contribution in [3.63, 3.8) is 0 Å². The third-order valence-corrected chi connectivity index (χ3v) is 3.19. The lowest BCUT2D eigenvalue weighted by Gasteiger charge is -2.42. The zero-order valence-electron chi connectivity index (χ0n) is 9.02. The van der Waals surface area contributed by atoms with E-state index in [4.69, 9.17) is 4.74 Å². The second kappa shape index (κ2) is 3.76.